The lowest BCUT2D eigenvalue weighted by atomic mass is 10.2. The summed E-state index contributed by atoms with van der Waals surface area (Å²) in [6, 6.07) is 5.12. The fourth-order valence-corrected chi connectivity index (χ4v) is 2.09. The molecule has 0 aliphatic rings. The molecule has 1 N–H and O–H groups in total. The van der Waals surface area contributed by atoms with Crippen LogP contribution in [0.5, 0.6) is 0 Å². The second-order valence-corrected chi connectivity index (χ2v) is 5.13. The first-order valence-electron chi connectivity index (χ1n) is 6.91. The van der Waals surface area contributed by atoms with Crippen LogP contribution in [0.4, 0.5) is 0 Å². The van der Waals surface area contributed by atoms with Gasteiger partial charge in [0.2, 0.25) is 0 Å². The number of aromatic carboxylic acids is 1. The third kappa shape index (κ3) is 3.04. The SMILES string of the molecule is CCC(C)n1ccc(Cn2c(C)ccc(C(=O)O)c2=O)n1. The second-order valence-electron chi connectivity index (χ2n) is 5.13. The van der Waals surface area contributed by atoms with Gasteiger partial charge < -0.3 is 9.67 Å². The number of carboxylic acids is 1. The molecule has 2 heterocycles. The third-order valence-corrected chi connectivity index (χ3v) is 3.65. The fourth-order valence-electron chi connectivity index (χ4n) is 2.09. The van der Waals surface area contributed by atoms with Crippen molar-refractivity contribution < 1.29 is 9.90 Å². The Morgan fingerprint density at radius 2 is 2.10 bits per heavy atom. The van der Waals surface area contributed by atoms with Gasteiger partial charge in [-0.3, -0.25) is 9.48 Å². The van der Waals surface area contributed by atoms with E-state index in [1.165, 1.54) is 10.6 Å². The highest BCUT2D eigenvalue weighted by Gasteiger charge is 2.13. The summed E-state index contributed by atoms with van der Waals surface area (Å²) in [4.78, 5) is 23.2. The van der Waals surface area contributed by atoms with Gasteiger partial charge in [-0.25, -0.2) is 4.79 Å². The largest absolute Gasteiger partial charge is 0.477 e. The van der Waals surface area contributed by atoms with Crippen LogP contribution in [0.1, 0.15) is 48.1 Å². The normalized spacial score (nSPS) is 12.3. The summed E-state index contributed by atoms with van der Waals surface area (Å²) < 4.78 is 3.30. The van der Waals surface area contributed by atoms with Gasteiger partial charge in [0, 0.05) is 17.9 Å². The fraction of sp³-hybridized carbons (Fsp3) is 0.400. The van der Waals surface area contributed by atoms with E-state index in [0.717, 1.165) is 12.1 Å². The molecule has 2 rings (SSSR count). The van der Waals surface area contributed by atoms with Gasteiger partial charge in [-0.2, -0.15) is 5.10 Å². The van der Waals surface area contributed by atoms with Crippen molar-refractivity contribution in [3.05, 3.63) is 51.7 Å². The predicted octanol–water partition coefficient (Wildman–Crippen LogP) is 2.07. The van der Waals surface area contributed by atoms with E-state index < -0.39 is 11.5 Å². The molecule has 112 valence electrons. The van der Waals surface area contributed by atoms with E-state index in [9.17, 15) is 9.59 Å². The number of hydrogen-bond acceptors (Lipinski definition) is 3. The molecular formula is C15H19N3O3. The lowest BCUT2D eigenvalue weighted by molar-refractivity contribution is 0.0694. The minimum absolute atomic E-state index is 0.220. The molecule has 0 saturated heterocycles. The van der Waals surface area contributed by atoms with Crippen molar-refractivity contribution in [3.63, 3.8) is 0 Å². The average Bonchev–Trinajstić information content (AvgIpc) is 2.90. The maximum absolute atomic E-state index is 12.2. The van der Waals surface area contributed by atoms with Crippen LogP contribution in [-0.4, -0.2) is 25.4 Å². The first-order chi connectivity index (χ1) is 9.93. The molecule has 2 aromatic heterocycles. The van der Waals surface area contributed by atoms with E-state index >= 15 is 0 Å². The standard InChI is InChI=1S/C15H19N3O3/c1-4-10(2)18-8-7-12(16-18)9-17-11(3)5-6-13(14(17)19)15(20)21/h5-8,10H,4,9H2,1-3H3,(H,20,21). The lowest BCUT2D eigenvalue weighted by Gasteiger charge is -2.10. The van der Waals surface area contributed by atoms with Crippen molar-refractivity contribution >= 4 is 5.97 Å². The smallest absolute Gasteiger partial charge is 0.341 e. The molecule has 0 fully saturated rings. The highest BCUT2D eigenvalue weighted by molar-refractivity contribution is 5.87. The zero-order chi connectivity index (χ0) is 15.6. The summed E-state index contributed by atoms with van der Waals surface area (Å²) in [5, 5.41) is 13.5. The van der Waals surface area contributed by atoms with Gasteiger partial charge in [0.1, 0.15) is 5.56 Å². The number of carboxylic acid groups (broad SMARTS) is 1. The summed E-state index contributed by atoms with van der Waals surface area (Å²) in [6.45, 7) is 6.20. The van der Waals surface area contributed by atoms with Crippen molar-refractivity contribution in [1.82, 2.24) is 14.3 Å². The molecule has 0 aliphatic heterocycles. The van der Waals surface area contributed by atoms with Crippen LogP contribution in [-0.2, 0) is 6.54 Å². The van der Waals surface area contributed by atoms with Gasteiger partial charge in [0.25, 0.3) is 5.56 Å². The zero-order valence-electron chi connectivity index (χ0n) is 12.4. The van der Waals surface area contributed by atoms with Crippen molar-refractivity contribution in [3.8, 4) is 0 Å². The van der Waals surface area contributed by atoms with Crippen LogP contribution in [0.25, 0.3) is 0 Å². The number of aryl methyl sites for hydroxylation is 1. The van der Waals surface area contributed by atoms with Crippen molar-refractivity contribution in [1.29, 1.82) is 0 Å². The zero-order valence-corrected chi connectivity index (χ0v) is 12.4. The molecule has 0 aliphatic carbocycles. The quantitative estimate of drug-likeness (QED) is 0.914. The Bertz CT molecular complexity index is 715. The van der Waals surface area contributed by atoms with E-state index in [1.54, 1.807) is 13.0 Å². The Morgan fingerprint density at radius 3 is 2.71 bits per heavy atom. The third-order valence-electron chi connectivity index (χ3n) is 3.65. The Kier molecular flexibility index (Phi) is 4.26. The average molecular weight is 289 g/mol. The van der Waals surface area contributed by atoms with Crippen LogP contribution in [0.15, 0.2) is 29.2 Å². The summed E-state index contributed by atoms with van der Waals surface area (Å²) in [7, 11) is 0. The Balaban J connectivity index is 2.35. The van der Waals surface area contributed by atoms with Gasteiger partial charge in [0.15, 0.2) is 0 Å². The molecule has 0 saturated carbocycles. The lowest BCUT2D eigenvalue weighted by Crippen LogP contribution is -2.28. The minimum atomic E-state index is -1.21. The molecule has 0 amide bonds. The summed E-state index contributed by atoms with van der Waals surface area (Å²) in [6.07, 6.45) is 2.85. The van der Waals surface area contributed by atoms with Gasteiger partial charge in [-0.05, 0) is 38.5 Å². The Labute approximate surface area is 122 Å². The molecule has 0 aromatic carbocycles. The maximum Gasteiger partial charge on any atom is 0.341 e. The maximum atomic E-state index is 12.2. The molecule has 6 heteroatoms. The molecule has 21 heavy (non-hydrogen) atoms. The first-order valence-corrected chi connectivity index (χ1v) is 6.91. The number of pyridine rings is 1. The van der Waals surface area contributed by atoms with E-state index in [4.69, 9.17) is 5.11 Å². The number of rotatable bonds is 5. The van der Waals surface area contributed by atoms with Crippen LogP contribution >= 0.6 is 0 Å². The molecule has 0 spiro atoms. The number of hydrogen-bond donors (Lipinski definition) is 1. The number of nitrogens with zero attached hydrogens (tertiary/aromatic N) is 3. The van der Waals surface area contributed by atoms with Gasteiger partial charge in [0.05, 0.1) is 12.2 Å². The molecule has 0 bridgehead atoms. The predicted molar refractivity (Wildman–Crippen MR) is 78.7 cm³/mol. The van der Waals surface area contributed by atoms with Crippen LogP contribution in [0.3, 0.4) is 0 Å². The second kappa shape index (κ2) is 5.95. The van der Waals surface area contributed by atoms with Crippen molar-refractivity contribution in [2.45, 2.75) is 39.8 Å². The highest BCUT2D eigenvalue weighted by atomic mass is 16.4. The number of carbonyl (C=O) groups is 1. The molecule has 1 unspecified atom stereocenters. The monoisotopic (exact) mass is 289 g/mol. The van der Waals surface area contributed by atoms with Crippen LogP contribution in [0, 0.1) is 6.92 Å². The van der Waals surface area contributed by atoms with E-state index in [0.29, 0.717) is 11.7 Å². The topological polar surface area (TPSA) is 77.1 Å². The molecule has 2 aromatic rings. The Hall–Kier alpha value is -2.37. The van der Waals surface area contributed by atoms with Crippen LogP contribution < -0.4 is 5.56 Å². The Morgan fingerprint density at radius 1 is 1.38 bits per heavy atom. The van der Waals surface area contributed by atoms with Gasteiger partial charge in [-0.1, -0.05) is 6.92 Å². The van der Waals surface area contributed by atoms with E-state index in [2.05, 4.69) is 18.9 Å². The van der Waals surface area contributed by atoms with E-state index in [1.807, 2.05) is 16.9 Å². The van der Waals surface area contributed by atoms with Crippen molar-refractivity contribution in [2.75, 3.05) is 0 Å². The van der Waals surface area contributed by atoms with E-state index in [-0.39, 0.29) is 12.1 Å². The number of aromatic nitrogens is 3. The van der Waals surface area contributed by atoms with Gasteiger partial charge >= 0.3 is 5.97 Å². The summed E-state index contributed by atoms with van der Waals surface area (Å²) in [5.74, 6) is -1.21. The molecule has 6 nitrogen and oxygen atoms in total. The first kappa shape index (κ1) is 15.0. The molecule has 1 atom stereocenters. The van der Waals surface area contributed by atoms with Crippen LogP contribution in [0.2, 0.25) is 0 Å². The van der Waals surface area contributed by atoms with Gasteiger partial charge in [-0.15, -0.1) is 0 Å². The highest BCUT2D eigenvalue weighted by Crippen LogP contribution is 2.10. The summed E-state index contributed by atoms with van der Waals surface area (Å²) in [5.41, 5.74) is 0.730. The van der Waals surface area contributed by atoms with Crippen molar-refractivity contribution in [2.24, 2.45) is 0 Å². The molecule has 0 radical (unpaired) electrons. The summed E-state index contributed by atoms with van der Waals surface area (Å²) >= 11 is 0. The molecular weight excluding hydrogens is 270 g/mol. The minimum Gasteiger partial charge on any atom is -0.477 e.